The molecule has 1 aliphatic rings. The molecule has 2 rings (SSSR count). The minimum Gasteiger partial charge on any atom is -0.469 e. The number of unbranched alkanes of at least 4 members (excludes halogenated alkanes) is 1. The van der Waals surface area contributed by atoms with Crippen molar-refractivity contribution in [3.63, 3.8) is 0 Å². The number of hydrogen-bond acceptors (Lipinski definition) is 4. The predicted octanol–water partition coefficient (Wildman–Crippen LogP) is 1.87. The fraction of sp³-hybridized carbons (Fsp3) is 0.556. The van der Waals surface area contributed by atoms with Crippen molar-refractivity contribution in [1.82, 2.24) is 10.2 Å². The molecule has 7 heteroatoms. The number of nitrogens with zero attached hydrogens (tertiary/aromatic N) is 3. The maximum absolute atomic E-state index is 13.9. The van der Waals surface area contributed by atoms with Crippen LogP contribution in [0.1, 0.15) is 19.3 Å². The fourth-order valence-electron chi connectivity index (χ4n) is 2.90. The number of halogens is 1. The first-order valence-corrected chi connectivity index (χ1v) is 8.67. The zero-order valence-electron chi connectivity index (χ0n) is 15.0. The molecular formula is C18H27FN4O2. The smallest absolute Gasteiger partial charge is 0.305 e. The third kappa shape index (κ3) is 5.62. The van der Waals surface area contributed by atoms with Gasteiger partial charge in [0.1, 0.15) is 5.82 Å². The van der Waals surface area contributed by atoms with Gasteiger partial charge >= 0.3 is 5.97 Å². The Labute approximate surface area is 148 Å². The lowest BCUT2D eigenvalue weighted by atomic mass is 10.2. The lowest BCUT2D eigenvalue weighted by Crippen LogP contribution is -2.52. The summed E-state index contributed by atoms with van der Waals surface area (Å²) in [6.07, 6.45) is 2.11. The highest BCUT2D eigenvalue weighted by Crippen LogP contribution is 2.20. The molecule has 138 valence electrons. The van der Waals surface area contributed by atoms with E-state index < -0.39 is 0 Å². The number of piperazine rings is 1. The summed E-state index contributed by atoms with van der Waals surface area (Å²) in [5, 5.41) is 3.33. The number of benzene rings is 1. The molecule has 1 aromatic rings. The molecule has 1 N–H and O–H groups in total. The van der Waals surface area contributed by atoms with E-state index in [2.05, 4.69) is 24.8 Å². The van der Waals surface area contributed by atoms with Crippen molar-refractivity contribution in [3.05, 3.63) is 30.1 Å². The van der Waals surface area contributed by atoms with Crippen molar-refractivity contribution in [1.29, 1.82) is 0 Å². The van der Waals surface area contributed by atoms with Gasteiger partial charge in [-0.2, -0.15) is 0 Å². The molecule has 0 aromatic heterocycles. The first-order chi connectivity index (χ1) is 12.2. The minimum atomic E-state index is -0.177. The largest absolute Gasteiger partial charge is 0.469 e. The van der Waals surface area contributed by atoms with Crippen LogP contribution in [0, 0.1) is 5.82 Å². The lowest BCUT2D eigenvalue weighted by Gasteiger charge is -2.37. The van der Waals surface area contributed by atoms with Gasteiger partial charge in [0.25, 0.3) is 0 Å². The third-order valence-electron chi connectivity index (χ3n) is 4.30. The van der Waals surface area contributed by atoms with E-state index in [1.165, 1.54) is 13.2 Å². The standard InChI is InChI=1S/C18H27FN4O2/c1-20-18(21-10-6-5-9-17(24)25-2)23-13-11-22(12-14-23)16-8-4-3-7-15(16)19/h3-4,7-8H,5-6,9-14H2,1-2H3,(H,20,21). The average Bonchev–Trinajstić information content (AvgIpc) is 2.65. The number of rotatable bonds is 6. The van der Waals surface area contributed by atoms with Crippen molar-refractivity contribution in [2.75, 3.05) is 51.8 Å². The van der Waals surface area contributed by atoms with E-state index in [0.717, 1.165) is 51.5 Å². The van der Waals surface area contributed by atoms with Gasteiger partial charge in [-0.3, -0.25) is 9.79 Å². The summed E-state index contributed by atoms with van der Waals surface area (Å²) >= 11 is 0. The Morgan fingerprint density at radius 3 is 2.60 bits per heavy atom. The summed E-state index contributed by atoms with van der Waals surface area (Å²) in [6, 6.07) is 6.89. The number of para-hydroxylation sites is 1. The fourth-order valence-corrected chi connectivity index (χ4v) is 2.90. The Hall–Kier alpha value is -2.31. The predicted molar refractivity (Wildman–Crippen MR) is 97.4 cm³/mol. The van der Waals surface area contributed by atoms with E-state index in [0.29, 0.717) is 12.1 Å². The second kappa shape index (κ2) is 9.86. The Morgan fingerprint density at radius 2 is 1.96 bits per heavy atom. The van der Waals surface area contributed by atoms with Crippen LogP contribution in [0.3, 0.4) is 0 Å². The number of anilines is 1. The highest BCUT2D eigenvalue weighted by molar-refractivity contribution is 5.80. The van der Waals surface area contributed by atoms with Crippen molar-refractivity contribution in [2.45, 2.75) is 19.3 Å². The Balaban J connectivity index is 1.74. The number of guanidine groups is 1. The number of ether oxygens (including phenoxy) is 1. The van der Waals surface area contributed by atoms with Crippen molar-refractivity contribution < 1.29 is 13.9 Å². The zero-order valence-corrected chi connectivity index (χ0v) is 15.0. The molecule has 0 amide bonds. The highest BCUT2D eigenvalue weighted by Gasteiger charge is 2.21. The molecule has 25 heavy (non-hydrogen) atoms. The second-order valence-corrected chi connectivity index (χ2v) is 5.93. The number of aliphatic imine (C=N–C) groups is 1. The maximum atomic E-state index is 13.9. The second-order valence-electron chi connectivity index (χ2n) is 5.93. The van der Waals surface area contributed by atoms with Crippen LogP contribution in [0.15, 0.2) is 29.3 Å². The first-order valence-electron chi connectivity index (χ1n) is 8.67. The van der Waals surface area contributed by atoms with Gasteiger partial charge in [-0.1, -0.05) is 12.1 Å². The molecule has 0 aliphatic carbocycles. The molecule has 1 aliphatic heterocycles. The van der Waals surface area contributed by atoms with Gasteiger partial charge in [0, 0.05) is 46.2 Å². The minimum absolute atomic E-state index is 0.173. The number of nitrogens with one attached hydrogen (secondary N) is 1. The van der Waals surface area contributed by atoms with Crippen LogP contribution in [-0.2, 0) is 9.53 Å². The van der Waals surface area contributed by atoms with Gasteiger partial charge < -0.3 is 19.9 Å². The molecule has 0 saturated carbocycles. The van der Waals surface area contributed by atoms with Crippen LogP contribution in [0.4, 0.5) is 10.1 Å². The molecule has 0 atom stereocenters. The third-order valence-corrected chi connectivity index (χ3v) is 4.30. The SMILES string of the molecule is CN=C(NCCCCC(=O)OC)N1CCN(c2ccccc2F)CC1. The molecule has 6 nitrogen and oxygen atoms in total. The molecule has 0 radical (unpaired) electrons. The van der Waals surface area contributed by atoms with Gasteiger partial charge in [0.2, 0.25) is 0 Å². The monoisotopic (exact) mass is 350 g/mol. The Bertz CT molecular complexity index is 586. The molecule has 1 aromatic carbocycles. The number of carbonyl (C=O) groups is 1. The summed E-state index contributed by atoms with van der Waals surface area (Å²) < 4.78 is 18.5. The number of carbonyl (C=O) groups excluding carboxylic acids is 1. The highest BCUT2D eigenvalue weighted by atomic mass is 19.1. The van der Waals surface area contributed by atoms with Crippen LogP contribution in [0.25, 0.3) is 0 Å². The van der Waals surface area contributed by atoms with Gasteiger partial charge in [-0.25, -0.2) is 4.39 Å². The maximum Gasteiger partial charge on any atom is 0.305 e. The average molecular weight is 350 g/mol. The van der Waals surface area contributed by atoms with Crippen molar-refractivity contribution >= 4 is 17.6 Å². The summed E-state index contributed by atoms with van der Waals surface area (Å²) in [7, 11) is 3.17. The summed E-state index contributed by atoms with van der Waals surface area (Å²) in [6.45, 7) is 3.84. The molecular weight excluding hydrogens is 323 g/mol. The summed E-state index contributed by atoms with van der Waals surface area (Å²) in [4.78, 5) is 19.6. The topological polar surface area (TPSA) is 57.2 Å². The Morgan fingerprint density at radius 1 is 1.24 bits per heavy atom. The number of esters is 1. The zero-order chi connectivity index (χ0) is 18.1. The van der Waals surface area contributed by atoms with Crippen molar-refractivity contribution in [3.8, 4) is 0 Å². The number of hydrogen-bond donors (Lipinski definition) is 1. The Kier molecular flexibility index (Phi) is 7.50. The van der Waals surface area contributed by atoms with E-state index in [4.69, 9.17) is 0 Å². The first kappa shape index (κ1) is 19.0. The molecule has 1 fully saturated rings. The molecule has 0 spiro atoms. The van der Waals surface area contributed by atoms with Crippen molar-refractivity contribution in [2.24, 2.45) is 4.99 Å². The van der Waals surface area contributed by atoms with Crippen LogP contribution >= 0.6 is 0 Å². The van der Waals surface area contributed by atoms with E-state index in [1.54, 1.807) is 13.1 Å². The van der Waals surface area contributed by atoms with E-state index in [1.807, 2.05) is 12.1 Å². The molecule has 1 saturated heterocycles. The van der Waals surface area contributed by atoms with Crippen LogP contribution < -0.4 is 10.2 Å². The lowest BCUT2D eigenvalue weighted by molar-refractivity contribution is -0.140. The van der Waals surface area contributed by atoms with Crippen LogP contribution in [-0.4, -0.2) is 63.7 Å². The number of methoxy groups -OCH3 is 1. The normalized spacial score (nSPS) is 15.2. The van der Waals surface area contributed by atoms with Crippen LogP contribution in [0.5, 0.6) is 0 Å². The van der Waals surface area contributed by atoms with E-state index in [9.17, 15) is 9.18 Å². The quantitative estimate of drug-likeness (QED) is 0.367. The molecule has 1 heterocycles. The van der Waals surface area contributed by atoms with E-state index in [-0.39, 0.29) is 11.8 Å². The van der Waals surface area contributed by atoms with Gasteiger partial charge in [-0.15, -0.1) is 0 Å². The molecule has 0 unspecified atom stereocenters. The van der Waals surface area contributed by atoms with Gasteiger partial charge in [-0.05, 0) is 25.0 Å². The molecule has 0 bridgehead atoms. The van der Waals surface area contributed by atoms with Gasteiger partial charge in [0.05, 0.1) is 12.8 Å². The summed E-state index contributed by atoms with van der Waals surface area (Å²) in [5.74, 6) is 0.504. The summed E-state index contributed by atoms with van der Waals surface area (Å²) in [5.41, 5.74) is 0.660. The van der Waals surface area contributed by atoms with E-state index >= 15 is 0 Å². The van der Waals surface area contributed by atoms with Crippen LogP contribution in [0.2, 0.25) is 0 Å². The van der Waals surface area contributed by atoms with Gasteiger partial charge in [0.15, 0.2) is 5.96 Å².